The van der Waals surface area contributed by atoms with E-state index in [9.17, 15) is 13.2 Å². The SMILES string of the molecule is Cc1cc(COC(=O)C2CCN(S(=O)(=O)c3ccc4c(c3)CCC4)CC2)no1. The zero-order chi connectivity index (χ0) is 19.7. The Morgan fingerprint density at radius 3 is 2.68 bits per heavy atom. The monoisotopic (exact) mass is 404 g/mol. The number of esters is 1. The molecular formula is C20H24N2O5S. The molecule has 2 aliphatic rings. The van der Waals surface area contributed by atoms with E-state index in [0.29, 0.717) is 42.3 Å². The molecule has 2 heterocycles. The number of aromatic nitrogens is 1. The molecular weight excluding hydrogens is 380 g/mol. The van der Waals surface area contributed by atoms with Crippen LogP contribution in [0.4, 0.5) is 0 Å². The van der Waals surface area contributed by atoms with Gasteiger partial charge in [-0.05, 0) is 62.3 Å². The summed E-state index contributed by atoms with van der Waals surface area (Å²) in [6.07, 6.45) is 3.97. The standard InChI is InChI=1S/C20H24N2O5S/c1-14-11-18(21-27-14)13-26-20(23)16-7-9-22(10-8-16)28(24,25)19-6-5-15-3-2-4-17(15)12-19/h5-6,11-12,16H,2-4,7-10,13H2,1H3. The molecule has 28 heavy (non-hydrogen) atoms. The number of benzene rings is 1. The highest BCUT2D eigenvalue weighted by atomic mass is 32.2. The Kier molecular flexibility index (Phi) is 5.25. The molecule has 0 bridgehead atoms. The van der Waals surface area contributed by atoms with Crippen molar-refractivity contribution < 1.29 is 22.5 Å². The third kappa shape index (κ3) is 3.84. The molecule has 1 fully saturated rings. The van der Waals surface area contributed by atoms with Crippen LogP contribution in [0.5, 0.6) is 0 Å². The Hall–Kier alpha value is -2.19. The van der Waals surface area contributed by atoms with Gasteiger partial charge < -0.3 is 9.26 Å². The molecule has 0 radical (unpaired) electrons. The Balaban J connectivity index is 1.34. The summed E-state index contributed by atoms with van der Waals surface area (Å²) < 4.78 is 37.7. The number of hydrogen-bond acceptors (Lipinski definition) is 6. The lowest BCUT2D eigenvalue weighted by molar-refractivity contribution is -0.151. The van der Waals surface area contributed by atoms with E-state index in [1.165, 1.54) is 9.87 Å². The average Bonchev–Trinajstić information content (AvgIpc) is 3.34. The van der Waals surface area contributed by atoms with E-state index < -0.39 is 10.0 Å². The molecule has 1 aromatic carbocycles. The number of carbonyl (C=O) groups excluding carboxylic acids is 1. The van der Waals surface area contributed by atoms with Crippen molar-refractivity contribution >= 4 is 16.0 Å². The summed E-state index contributed by atoms with van der Waals surface area (Å²) in [5, 5.41) is 3.80. The highest BCUT2D eigenvalue weighted by molar-refractivity contribution is 7.89. The largest absolute Gasteiger partial charge is 0.459 e. The Morgan fingerprint density at radius 1 is 1.21 bits per heavy atom. The lowest BCUT2D eigenvalue weighted by atomic mass is 9.98. The first kappa shape index (κ1) is 19.1. The van der Waals surface area contributed by atoms with Gasteiger partial charge in [0.1, 0.15) is 18.1 Å². The van der Waals surface area contributed by atoms with Crippen LogP contribution < -0.4 is 0 Å². The predicted octanol–water partition coefficient (Wildman–Crippen LogP) is 2.62. The van der Waals surface area contributed by atoms with Crippen molar-refractivity contribution in [3.05, 3.63) is 46.8 Å². The number of ether oxygens (including phenoxy) is 1. The second kappa shape index (κ2) is 7.67. The van der Waals surface area contributed by atoms with Crippen molar-refractivity contribution in [1.82, 2.24) is 9.46 Å². The van der Waals surface area contributed by atoms with Gasteiger partial charge in [-0.2, -0.15) is 4.31 Å². The van der Waals surface area contributed by atoms with Crippen molar-refractivity contribution in [3.63, 3.8) is 0 Å². The number of nitrogens with zero attached hydrogens (tertiary/aromatic N) is 2. The molecule has 0 atom stereocenters. The average molecular weight is 404 g/mol. The van der Waals surface area contributed by atoms with Gasteiger partial charge in [0.25, 0.3) is 0 Å². The predicted molar refractivity (Wildman–Crippen MR) is 101 cm³/mol. The van der Waals surface area contributed by atoms with Crippen LogP contribution >= 0.6 is 0 Å². The first-order valence-electron chi connectivity index (χ1n) is 9.64. The summed E-state index contributed by atoms with van der Waals surface area (Å²) >= 11 is 0. The molecule has 1 saturated heterocycles. The molecule has 0 N–H and O–H groups in total. The smallest absolute Gasteiger partial charge is 0.309 e. The third-order valence-electron chi connectivity index (χ3n) is 5.53. The van der Waals surface area contributed by atoms with E-state index in [4.69, 9.17) is 9.26 Å². The quantitative estimate of drug-likeness (QED) is 0.712. The number of rotatable bonds is 5. The van der Waals surface area contributed by atoms with E-state index in [2.05, 4.69) is 5.16 Å². The number of aryl methyl sites for hydroxylation is 3. The summed E-state index contributed by atoms with van der Waals surface area (Å²) in [7, 11) is -3.53. The molecule has 150 valence electrons. The van der Waals surface area contributed by atoms with Gasteiger partial charge in [-0.1, -0.05) is 11.2 Å². The number of sulfonamides is 1. The van der Waals surface area contributed by atoms with Gasteiger partial charge in [0, 0.05) is 19.2 Å². The molecule has 1 aliphatic heterocycles. The fraction of sp³-hybridized carbons (Fsp3) is 0.500. The van der Waals surface area contributed by atoms with Crippen molar-refractivity contribution in [1.29, 1.82) is 0 Å². The van der Waals surface area contributed by atoms with Crippen LogP contribution in [0.1, 0.15) is 41.8 Å². The van der Waals surface area contributed by atoms with Gasteiger partial charge in [0.2, 0.25) is 10.0 Å². The Bertz CT molecular complexity index is 974. The van der Waals surface area contributed by atoms with Crippen molar-refractivity contribution in [2.24, 2.45) is 5.92 Å². The molecule has 7 nitrogen and oxygen atoms in total. The second-order valence-corrected chi connectivity index (χ2v) is 9.44. The summed E-state index contributed by atoms with van der Waals surface area (Å²) in [6, 6.07) is 7.18. The second-order valence-electron chi connectivity index (χ2n) is 7.50. The van der Waals surface area contributed by atoms with Crippen LogP contribution in [0.15, 0.2) is 33.7 Å². The lowest BCUT2D eigenvalue weighted by Gasteiger charge is -2.30. The lowest BCUT2D eigenvalue weighted by Crippen LogP contribution is -2.40. The maximum absolute atomic E-state index is 13.0. The van der Waals surface area contributed by atoms with Crippen molar-refractivity contribution in [2.75, 3.05) is 13.1 Å². The van der Waals surface area contributed by atoms with Gasteiger partial charge >= 0.3 is 5.97 Å². The van der Waals surface area contributed by atoms with E-state index in [-0.39, 0.29) is 18.5 Å². The van der Waals surface area contributed by atoms with Gasteiger partial charge in [-0.25, -0.2) is 8.42 Å². The summed E-state index contributed by atoms with van der Waals surface area (Å²) in [5.74, 6) is 0.0609. The highest BCUT2D eigenvalue weighted by Crippen LogP contribution is 2.29. The minimum Gasteiger partial charge on any atom is -0.459 e. The Morgan fingerprint density at radius 2 is 1.96 bits per heavy atom. The molecule has 4 rings (SSSR count). The summed E-state index contributed by atoms with van der Waals surface area (Å²) in [4.78, 5) is 12.6. The fourth-order valence-corrected chi connectivity index (χ4v) is 5.46. The Labute approximate surface area is 164 Å². The molecule has 0 spiro atoms. The highest BCUT2D eigenvalue weighted by Gasteiger charge is 2.33. The minimum atomic E-state index is -3.53. The minimum absolute atomic E-state index is 0.0732. The zero-order valence-corrected chi connectivity index (χ0v) is 16.7. The normalized spacial score (nSPS) is 18.2. The molecule has 1 aromatic heterocycles. The van der Waals surface area contributed by atoms with Gasteiger partial charge in [-0.3, -0.25) is 4.79 Å². The number of carbonyl (C=O) groups is 1. The van der Waals surface area contributed by atoms with Crippen LogP contribution in [0.25, 0.3) is 0 Å². The van der Waals surface area contributed by atoms with Crippen LogP contribution in [0.2, 0.25) is 0 Å². The summed E-state index contributed by atoms with van der Waals surface area (Å²) in [5.41, 5.74) is 2.97. The van der Waals surface area contributed by atoms with E-state index in [1.807, 2.05) is 12.1 Å². The van der Waals surface area contributed by atoms with E-state index in [0.717, 1.165) is 24.8 Å². The molecule has 2 aromatic rings. The van der Waals surface area contributed by atoms with Gasteiger partial charge in [-0.15, -0.1) is 0 Å². The van der Waals surface area contributed by atoms with Crippen LogP contribution in [-0.4, -0.2) is 36.9 Å². The molecule has 0 unspecified atom stereocenters. The molecule has 0 amide bonds. The third-order valence-corrected chi connectivity index (χ3v) is 7.43. The van der Waals surface area contributed by atoms with E-state index >= 15 is 0 Å². The van der Waals surface area contributed by atoms with Crippen molar-refractivity contribution in [2.45, 2.75) is 50.5 Å². The van der Waals surface area contributed by atoms with Crippen LogP contribution in [0, 0.1) is 12.8 Å². The topological polar surface area (TPSA) is 89.7 Å². The van der Waals surface area contributed by atoms with Crippen LogP contribution in [-0.2, 0) is 39.0 Å². The maximum Gasteiger partial charge on any atom is 0.309 e. The first-order chi connectivity index (χ1) is 13.4. The molecule has 0 saturated carbocycles. The number of hydrogen-bond donors (Lipinski definition) is 0. The van der Waals surface area contributed by atoms with Gasteiger partial charge in [0.15, 0.2) is 0 Å². The molecule has 8 heteroatoms. The zero-order valence-electron chi connectivity index (χ0n) is 15.9. The van der Waals surface area contributed by atoms with Crippen molar-refractivity contribution in [3.8, 4) is 0 Å². The fourth-order valence-electron chi connectivity index (χ4n) is 3.94. The molecule has 1 aliphatic carbocycles. The maximum atomic E-state index is 13.0. The number of fused-ring (bicyclic) bond motifs is 1. The van der Waals surface area contributed by atoms with Crippen LogP contribution in [0.3, 0.4) is 0 Å². The van der Waals surface area contributed by atoms with Gasteiger partial charge in [0.05, 0.1) is 10.8 Å². The van der Waals surface area contributed by atoms with E-state index in [1.54, 1.807) is 19.1 Å². The first-order valence-corrected chi connectivity index (χ1v) is 11.1. The number of piperidine rings is 1. The summed E-state index contributed by atoms with van der Waals surface area (Å²) in [6.45, 7) is 2.49.